The van der Waals surface area contributed by atoms with E-state index >= 15 is 0 Å². The Morgan fingerprint density at radius 3 is 2.41 bits per heavy atom. The molecule has 156 valence electrons. The highest BCUT2D eigenvalue weighted by atomic mass is 16.5. The van der Waals surface area contributed by atoms with Crippen molar-refractivity contribution >= 4 is 11.8 Å². The summed E-state index contributed by atoms with van der Waals surface area (Å²) in [4.78, 5) is 27.4. The van der Waals surface area contributed by atoms with Crippen molar-refractivity contribution in [2.24, 2.45) is 5.92 Å². The summed E-state index contributed by atoms with van der Waals surface area (Å²) < 4.78 is 5.77. The van der Waals surface area contributed by atoms with Crippen LogP contribution in [0.2, 0.25) is 0 Å². The third kappa shape index (κ3) is 5.21. The molecule has 29 heavy (non-hydrogen) atoms. The van der Waals surface area contributed by atoms with E-state index in [1.165, 1.54) is 0 Å². The summed E-state index contributed by atoms with van der Waals surface area (Å²) in [7, 11) is 0. The van der Waals surface area contributed by atoms with Gasteiger partial charge in [-0.25, -0.2) is 0 Å². The van der Waals surface area contributed by atoms with E-state index in [0.717, 1.165) is 5.56 Å². The van der Waals surface area contributed by atoms with Crippen molar-refractivity contribution in [2.75, 3.05) is 13.1 Å². The number of carbonyl (C=O) groups is 2. The number of hydrogen-bond donors (Lipinski definition) is 3. The van der Waals surface area contributed by atoms with Gasteiger partial charge in [0.1, 0.15) is 5.69 Å². The Kier molecular flexibility index (Phi) is 6.66. The molecular weight excluding hydrogens is 370 g/mol. The van der Waals surface area contributed by atoms with Gasteiger partial charge >= 0.3 is 0 Å². The highest BCUT2D eigenvalue weighted by molar-refractivity contribution is 5.95. The summed E-state index contributed by atoms with van der Waals surface area (Å²) in [6.07, 6.45) is 0.118. The van der Waals surface area contributed by atoms with Crippen LogP contribution in [0, 0.1) is 5.92 Å². The van der Waals surface area contributed by atoms with Gasteiger partial charge in [0, 0.05) is 18.7 Å². The third-order valence-corrected chi connectivity index (χ3v) is 4.93. The molecule has 1 aromatic heterocycles. The van der Waals surface area contributed by atoms with Crippen molar-refractivity contribution in [2.45, 2.75) is 45.9 Å². The molecule has 2 aromatic rings. The number of carbonyl (C=O) groups excluding carboxylic acids is 2. The second kappa shape index (κ2) is 9.19. The first-order valence-electron chi connectivity index (χ1n) is 9.95. The van der Waals surface area contributed by atoms with Crippen LogP contribution in [0.4, 0.5) is 0 Å². The molecule has 0 radical (unpaired) electrons. The minimum atomic E-state index is -0.445. The van der Waals surface area contributed by atoms with Crippen molar-refractivity contribution < 1.29 is 14.3 Å². The summed E-state index contributed by atoms with van der Waals surface area (Å²) in [6, 6.07) is 10.9. The highest BCUT2D eigenvalue weighted by Crippen LogP contribution is 2.19. The molecule has 1 fully saturated rings. The van der Waals surface area contributed by atoms with Gasteiger partial charge in [0.15, 0.2) is 0 Å². The van der Waals surface area contributed by atoms with Crippen molar-refractivity contribution in [3.63, 3.8) is 0 Å². The van der Waals surface area contributed by atoms with E-state index in [9.17, 15) is 9.59 Å². The molecular formula is C21H29N5O3. The fraction of sp³-hybridized carbons (Fsp3) is 0.476. The Balaban J connectivity index is 1.61. The number of hydrogen-bond acceptors (Lipinski definition) is 5. The van der Waals surface area contributed by atoms with Crippen LogP contribution in [-0.2, 0) is 9.53 Å². The number of ether oxygens (including phenoxy) is 1. The Morgan fingerprint density at radius 2 is 1.79 bits per heavy atom. The monoisotopic (exact) mass is 399 g/mol. The number of aromatic nitrogens is 2. The number of H-pyrrole nitrogens is 1. The number of nitrogens with zero attached hydrogens (tertiary/aromatic N) is 2. The molecule has 3 rings (SSSR count). The van der Waals surface area contributed by atoms with Crippen LogP contribution in [0.5, 0.6) is 0 Å². The standard InChI is InChI=1S/C21H29N5O3/c1-13(2)19(26-11-14(3)29-15(4)12-26)21(28)25-24-20(27)18-10-17(22-23-18)16-8-6-5-7-9-16/h5-10,13-15,19H,11-12H2,1-4H3,(H,22,23)(H,24,27)(H,25,28). The molecule has 2 amide bonds. The Hall–Kier alpha value is -2.71. The topological polar surface area (TPSA) is 99.4 Å². The summed E-state index contributed by atoms with van der Waals surface area (Å²) in [5, 5.41) is 6.88. The van der Waals surface area contributed by atoms with E-state index in [0.29, 0.717) is 18.8 Å². The van der Waals surface area contributed by atoms with E-state index in [1.54, 1.807) is 6.07 Å². The van der Waals surface area contributed by atoms with Crippen LogP contribution in [-0.4, -0.2) is 58.3 Å². The van der Waals surface area contributed by atoms with Crippen LogP contribution in [0.25, 0.3) is 11.3 Å². The SMILES string of the molecule is CC1CN(C(C(=O)NNC(=O)c2cc(-c3ccccc3)n[nH]2)C(C)C)CC(C)O1. The first-order valence-corrected chi connectivity index (χ1v) is 9.95. The van der Waals surface area contributed by atoms with Gasteiger partial charge in [-0.1, -0.05) is 44.2 Å². The second-order valence-electron chi connectivity index (χ2n) is 7.88. The maximum atomic E-state index is 12.8. The van der Waals surface area contributed by atoms with Gasteiger partial charge < -0.3 is 4.74 Å². The summed E-state index contributed by atoms with van der Waals surface area (Å²) in [6.45, 7) is 9.35. The van der Waals surface area contributed by atoms with Gasteiger partial charge in [-0.2, -0.15) is 5.10 Å². The zero-order valence-electron chi connectivity index (χ0n) is 17.3. The molecule has 8 nitrogen and oxygen atoms in total. The smallest absolute Gasteiger partial charge is 0.287 e. The van der Waals surface area contributed by atoms with E-state index in [4.69, 9.17) is 4.74 Å². The average molecular weight is 399 g/mol. The van der Waals surface area contributed by atoms with Gasteiger partial charge in [0.05, 0.1) is 23.9 Å². The summed E-state index contributed by atoms with van der Waals surface area (Å²) >= 11 is 0. The lowest BCUT2D eigenvalue weighted by Crippen LogP contribution is -2.59. The first-order chi connectivity index (χ1) is 13.8. The van der Waals surface area contributed by atoms with Crippen molar-refractivity contribution in [3.05, 3.63) is 42.1 Å². The van der Waals surface area contributed by atoms with E-state index in [2.05, 4.69) is 25.9 Å². The van der Waals surface area contributed by atoms with Gasteiger partial charge in [-0.3, -0.25) is 30.4 Å². The summed E-state index contributed by atoms with van der Waals surface area (Å²) in [5.74, 6) is -0.599. The molecule has 0 spiro atoms. The summed E-state index contributed by atoms with van der Waals surface area (Å²) in [5.41, 5.74) is 6.91. The molecule has 1 aromatic carbocycles. The second-order valence-corrected chi connectivity index (χ2v) is 7.88. The van der Waals surface area contributed by atoms with Gasteiger partial charge in [0.2, 0.25) is 0 Å². The lowest BCUT2D eigenvalue weighted by molar-refractivity contribution is -0.136. The fourth-order valence-electron chi connectivity index (χ4n) is 3.79. The lowest BCUT2D eigenvalue weighted by Gasteiger charge is -2.40. The quantitative estimate of drug-likeness (QED) is 0.668. The van der Waals surface area contributed by atoms with Crippen LogP contribution < -0.4 is 10.9 Å². The molecule has 0 aliphatic carbocycles. The number of amides is 2. The van der Waals surface area contributed by atoms with E-state index in [-0.39, 0.29) is 35.8 Å². The highest BCUT2D eigenvalue weighted by Gasteiger charge is 2.34. The normalized spacial score (nSPS) is 21.0. The zero-order valence-corrected chi connectivity index (χ0v) is 17.3. The van der Waals surface area contributed by atoms with Gasteiger partial charge in [0.25, 0.3) is 11.8 Å². The molecule has 2 heterocycles. The van der Waals surface area contributed by atoms with Crippen molar-refractivity contribution in [1.29, 1.82) is 0 Å². The van der Waals surface area contributed by atoms with Crippen LogP contribution in [0.15, 0.2) is 36.4 Å². The molecule has 1 aliphatic rings. The minimum absolute atomic E-state index is 0.0591. The first kappa shape index (κ1) is 21.0. The van der Waals surface area contributed by atoms with Gasteiger partial charge in [-0.15, -0.1) is 0 Å². The maximum absolute atomic E-state index is 12.8. The van der Waals surface area contributed by atoms with E-state index in [1.807, 2.05) is 58.0 Å². The van der Waals surface area contributed by atoms with Crippen LogP contribution in [0.3, 0.4) is 0 Å². The fourth-order valence-corrected chi connectivity index (χ4v) is 3.79. The average Bonchev–Trinajstić information content (AvgIpc) is 3.16. The van der Waals surface area contributed by atoms with Crippen molar-refractivity contribution in [1.82, 2.24) is 25.9 Å². The third-order valence-electron chi connectivity index (χ3n) is 4.93. The molecule has 3 unspecified atom stereocenters. The Bertz CT molecular complexity index is 826. The minimum Gasteiger partial charge on any atom is -0.373 e. The van der Waals surface area contributed by atoms with E-state index < -0.39 is 5.91 Å². The molecule has 3 N–H and O–H groups in total. The molecule has 3 atom stereocenters. The van der Waals surface area contributed by atoms with Crippen LogP contribution >= 0.6 is 0 Å². The molecule has 1 aliphatic heterocycles. The molecule has 1 saturated heterocycles. The maximum Gasteiger partial charge on any atom is 0.287 e. The number of morpholine rings is 1. The van der Waals surface area contributed by atoms with Gasteiger partial charge in [-0.05, 0) is 25.8 Å². The lowest BCUT2D eigenvalue weighted by atomic mass is 10.00. The van der Waals surface area contributed by atoms with Crippen LogP contribution in [0.1, 0.15) is 38.2 Å². The molecule has 8 heteroatoms. The predicted octanol–water partition coefficient (Wildman–Crippen LogP) is 1.97. The van der Waals surface area contributed by atoms with Crippen molar-refractivity contribution in [3.8, 4) is 11.3 Å². The molecule has 0 saturated carbocycles. The largest absolute Gasteiger partial charge is 0.373 e. The molecule has 0 bridgehead atoms. The Labute approximate surface area is 171 Å². The number of rotatable bonds is 5. The predicted molar refractivity (Wildman–Crippen MR) is 110 cm³/mol. The zero-order chi connectivity index (χ0) is 21.0. The number of hydrazine groups is 1. The number of aromatic amines is 1. The number of benzene rings is 1. The Morgan fingerprint density at radius 1 is 1.14 bits per heavy atom. The number of nitrogens with one attached hydrogen (secondary N) is 3.